The number of hydrogen-bond donors (Lipinski definition) is 1. The Kier molecular flexibility index (Phi) is 3.83. The lowest BCUT2D eigenvalue weighted by Crippen LogP contribution is -2.32. The molecule has 2 heteroatoms. The topological polar surface area (TPSA) is 29.3 Å². The summed E-state index contributed by atoms with van der Waals surface area (Å²) in [6.45, 7) is 4.56. The van der Waals surface area contributed by atoms with Crippen LogP contribution in [0.2, 0.25) is 0 Å². The molecule has 88 valence electrons. The van der Waals surface area contributed by atoms with Gasteiger partial charge in [-0.05, 0) is 37.9 Å². The largest absolute Gasteiger partial charge is 0.398 e. The van der Waals surface area contributed by atoms with E-state index in [1.54, 1.807) is 0 Å². The summed E-state index contributed by atoms with van der Waals surface area (Å²) >= 11 is 0. The Morgan fingerprint density at radius 1 is 1.25 bits per heavy atom. The molecule has 1 atom stereocenters. The van der Waals surface area contributed by atoms with Crippen LogP contribution in [0.3, 0.4) is 0 Å². The minimum absolute atomic E-state index is 0.696. The van der Waals surface area contributed by atoms with E-state index in [0.717, 1.165) is 12.2 Å². The van der Waals surface area contributed by atoms with Crippen molar-refractivity contribution in [1.29, 1.82) is 0 Å². The van der Waals surface area contributed by atoms with Gasteiger partial charge in [0.25, 0.3) is 0 Å². The Morgan fingerprint density at radius 2 is 2.06 bits per heavy atom. The minimum atomic E-state index is 0.696. The lowest BCUT2D eigenvalue weighted by Gasteiger charge is -2.27. The van der Waals surface area contributed by atoms with Crippen molar-refractivity contribution in [3.05, 3.63) is 29.8 Å². The summed E-state index contributed by atoms with van der Waals surface area (Å²) in [4.78, 5) is 2.57. The Hall–Kier alpha value is -1.02. The summed E-state index contributed by atoms with van der Waals surface area (Å²) in [5, 5.41) is 0. The van der Waals surface area contributed by atoms with E-state index in [4.69, 9.17) is 5.73 Å². The van der Waals surface area contributed by atoms with Crippen LogP contribution in [0.1, 0.15) is 38.2 Å². The number of nitrogen functional groups attached to an aromatic ring is 1. The van der Waals surface area contributed by atoms with Gasteiger partial charge in [0.1, 0.15) is 0 Å². The van der Waals surface area contributed by atoms with Crippen molar-refractivity contribution in [3.63, 3.8) is 0 Å². The van der Waals surface area contributed by atoms with Crippen molar-refractivity contribution >= 4 is 5.69 Å². The van der Waals surface area contributed by atoms with Crippen LogP contribution < -0.4 is 5.73 Å². The summed E-state index contributed by atoms with van der Waals surface area (Å²) in [6, 6.07) is 8.92. The number of para-hydroxylation sites is 1. The minimum Gasteiger partial charge on any atom is -0.398 e. The van der Waals surface area contributed by atoms with Crippen molar-refractivity contribution < 1.29 is 0 Å². The molecule has 0 aromatic heterocycles. The molecule has 1 saturated heterocycles. The summed E-state index contributed by atoms with van der Waals surface area (Å²) in [5.74, 6) is 0. The number of rotatable bonds is 2. The van der Waals surface area contributed by atoms with Crippen molar-refractivity contribution in [2.45, 2.75) is 45.2 Å². The van der Waals surface area contributed by atoms with Crippen LogP contribution in [0, 0.1) is 0 Å². The Bertz CT molecular complexity index is 335. The Labute approximate surface area is 98.4 Å². The maximum Gasteiger partial charge on any atom is 0.0359 e. The molecule has 1 heterocycles. The molecule has 0 radical (unpaired) electrons. The number of anilines is 1. The lowest BCUT2D eigenvalue weighted by atomic mass is 10.1. The zero-order valence-corrected chi connectivity index (χ0v) is 10.2. The average Bonchev–Trinajstić information content (AvgIpc) is 2.48. The molecule has 0 amide bonds. The monoisotopic (exact) mass is 218 g/mol. The molecule has 0 bridgehead atoms. The van der Waals surface area contributed by atoms with E-state index in [2.05, 4.69) is 24.0 Å². The van der Waals surface area contributed by atoms with Gasteiger partial charge in [-0.15, -0.1) is 0 Å². The molecule has 2 nitrogen and oxygen atoms in total. The molecular weight excluding hydrogens is 196 g/mol. The van der Waals surface area contributed by atoms with Crippen molar-refractivity contribution in [2.75, 3.05) is 12.3 Å². The van der Waals surface area contributed by atoms with Gasteiger partial charge in [-0.2, -0.15) is 0 Å². The fourth-order valence-electron chi connectivity index (χ4n) is 2.47. The molecule has 1 unspecified atom stereocenters. The van der Waals surface area contributed by atoms with Gasteiger partial charge in [-0.3, -0.25) is 4.90 Å². The summed E-state index contributed by atoms with van der Waals surface area (Å²) in [5.41, 5.74) is 8.20. The number of benzene rings is 1. The fourth-order valence-corrected chi connectivity index (χ4v) is 2.47. The van der Waals surface area contributed by atoms with E-state index < -0.39 is 0 Å². The van der Waals surface area contributed by atoms with Crippen LogP contribution in [0.25, 0.3) is 0 Å². The molecule has 0 saturated carbocycles. The zero-order chi connectivity index (χ0) is 11.4. The van der Waals surface area contributed by atoms with Gasteiger partial charge in [-0.1, -0.05) is 31.0 Å². The third-order valence-electron chi connectivity index (χ3n) is 3.62. The predicted octanol–water partition coefficient (Wildman–Crippen LogP) is 3.03. The maximum absolute atomic E-state index is 6.00. The first kappa shape index (κ1) is 11.5. The zero-order valence-electron chi connectivity index (χ0n) is 10.2. The van der Waals surface area contributed by atoms with E-state index in [1.807, 2.05) is 12.1 Å². The molecule has 1 aliphatic rings. The molecule has 2 rings (SSSR count). The molecular formula is C14H22N2. The lowest BCUT2D eigenvalue weighted by molar-refractivity contribution is 0.205. The van der Waals surface area contributed by atoms with Gasteiger partial charge >= 0.3 is 0 Å². The third kappa shape index (κ3) is 2.76. The number of likely N-dealkylation sites (tertiary alicyclic amines) is 1. The van der Waals surface area contributed by atoms with Crippen molar-refractivity contribution in [1.82, 2.24) is 4.90 Å². The number of nitrogens with zero attached hydrogens (tertiary/aromatic N) is 1. The molecule has 0 spiro atoms. The summed E-state index contributed by atoms with van der Waals surface area (Å²) in [6.07, 6.45) is 5.41. The van der Waals surface area contributed by atoms with E-state index in [9.17, 15) is 0 Å². The van der Waals surface area contributed by atoms with Crippen molar-refractivity contribution in [3.8, 4) is 0 Å². The quantitative estimate of drug-likeness (QED) is 0.773. The second kappa shape index (κ2) is 5.35. The maximum atomic E-state index is 6.00. The predicted molar refractivity (Wildman–Crippen MR) is 69.2 cm³/mol. The first-order chi connectivity index (χ1) is 7.77. The summed E-state index contributed by atoms with van der Waals surface area (Å²) < 4.78 is 0. The van der Waals surface area contributed by atoms with E-state index >= 15 is 0 Å². The Morgan fingerprint density at radius 3 is 2.88 bits per heavy atom. The van der Waals surface area contributed by atoms with Crippen LogP contribution in [0.15, 0.2) is 24.3 Å². The molecule has 1 aliphatic heterocycles. The molecule has 1 aromatic rings. The molecule has 1 aromatic carbocycles. The Balaban J connectivity index is 2.05. The molecule has 2 N–H and O–H groups in total. The van der Waals surface area contributed by atoms with Gasteiger partial charge in [0.15, 0.2) is 0 Å². The number of nitrogens with two attached hydrogens (primary N) is 1. The van der Waals surface area contributed by atoms with Gasteiger partial charge in [-0.25, -0.2) is 0 Å². The van der Waals surface area contributed by atoms with E-state index in [0.29, 0.717) is 6.04 Å². The van der Waals surface area contributed by atoms with Gasteiger partial charge in [0.2, 0.25) is 0 Å². The third-order valence-corrected chi connectivity index (χ3v) is 3.62. The van der Waals surface area contributed by atoms with Crippen LogP contribution >= 0.6 is 0 Å². The van der Waals surface area contributed by atoms with E-state index in [1.165, 1.54) is 37.8 Å². The molecule has 0 aliphatic carbocycles. The van der Waals surface area contributed by atoms with Crippen LogP contribution in [0.5, 0.6) is 0 Å². The van der Waals surface area contributed by atoms with Gasteiger partial charge in [0, 0.05) is 18.3 Å². The molecule has 16 heavy (non-hydrogen) atoms. The first-order valence-electron chi connectivity index (χ1n) is 6.35. The van der Waals surface area contributed by atoms with E-state index in [-0.39, 0.29) is 0 Å². The average molecular weight is 218 g/mol. The fraction of sp³-hybridized carbons (Fsp3) is 0.571. The van der Waals surface area contributed by atoms with Crippen LogP contribution in [-0.4, -0.2) is 17.5 Å². The normalized spacial score (nSPS) is 22.9. The SMILES string of the molecule is CC1CCCCCN1Cc1ccccc1N. The summed E-state index contributed by atoms with van der Waals surface area (Å²) in [7, 11) is 0. The first-order valence-corrected chi connectivity index (χ1v) is 6.35. The van der Waals surface area contributed by atoms with Crippen LogP contribution in [-0.2, 0) is 6.54 Å². The highest BCUT2D eigenvalue weighted by Gasteiger charge is 2.17. The second-order valence-corrected chi connectivity index (χ2v) is 4.87. The van der Waals surface area contributed by atoms with Crippen LogP contribution in [0.4, 0.5) is 5.69 Å². The second-order valence-electron chi connectivity index (χ2n) is 4.87. The standard InChI is InChI=1S/C14H22N2/c1-12-7-3-2-6-10-16(12)11-13-8-4-5-9-14(13)15/h4-5,8-9,12H,2-3,6-7,10-11,15H2,1H3. The highest BCUT2D eigenvalue weighted by molar-refractivity contribution is 5.46. The number of hydrogen-bond acceptors (Lipinski definition) is 2. The van der Waals surface area contributed by atoms with Gasteiger partial charge < -0.3 is 5.73 Å². The smallest absolute Gasteiger partial charge is 0.0359 e. The van der Waals surface area contributed by atoms with Gasteiger partial charge in [0.05, 0.1) is 0 Å². The van der Waals surface area contributed by atoms with Crippen molar-refractivity contribution in [2.24, 2.45) is 0 Å². The highest BCUT2D eigenvalue weighted by atomic mass is 15.1. The highest BCUT2D eigenvalue weighted by Crippen LogP contribution is 2.21. The molecule has 1 fully saturated rings.